The fourth-order valence-corrected chi connectivity index (χ4v) is 3.26. The number of primary amides is 1. The van der Waals surface area contributed by atoms with Crippen LogP contribution in [0.5, 0.6) is 0 Å². The van der Waals surface area contributed by atoms with Gasteiger partial charge >= 0.3 is 0 Å². The van der Waals surface area contributed by atoms with Gasteiger partial charge in [-0.3, -0.25) is 4.79 Å². The molecule has 1 aromatic heterocycles. The highest BCUT2D eigenvalue weighted by Crippen LogP contribution is 2.59. The first-order valence-corrected chi connectivity index (χ1v) is 7.86. The molecule has 5 heteroatoms. The first kappa shape index (κ1) is 16.0. The van der Waals surface area contributed by atoms with Crippen LogP contribution in [0.25, 0.3) is 11.1 Å². The molecule has 3 rings (SSSR count). The summed E-state index contributed by atoms with van der Waals surface area (Å²) in [5.41, 5.74) is 15.9. The molecule has 5 nitrogen and oxygen atoms in total. The van der Waals surface area contributed by atoms with Crippen LogP contribution in [0.4, 0.5) is 5.82 Å². The fraction of sp³-hybridized carbons (Fsp3) is 0.316. The summed E-state index contributed by atoms with van der Waals surface area (Å²) in [6.07, 6.45) is 1.06. The number of nitrogen functional groups attached to an aromatic ring is 1. The summed E-state index contributed by atoms with van der Waals surface area (Å²) in [7, 11) is 0. The summed E-state index contributed by atoms with van der Waals surface area (Å²) >= 11 is 0. The van der Waals surface area contributed by atoms with Crippen molar-refractivity contribution >= 4 is 11.7 Å². The Bertz CT molecular complexity index is 876. The van der Waals surface area contributed by atoms with E-state index in [9.17, 15) is 10.1 Å². The summed E-state index contributed by atoms with van der Waals surface area (Å²) in [6, 6.07) is 9.09. The molecule has 1 heterocycles. The maximum atomic E-state index is 11.3. The molecule has 0 unspecified atom stereocenters. The lowest BCUT2D eigenvalue weighted by Crippen LogP contribution is -2.10. The van der Waals surface area contributed by atoms with Crippen molar-refractivity contribution in [2.24, 2.45) is 11.1 Å². The second-order valence-corrected chi connectivity index (χ2v) is 7.06. The minimum Gasteiger partial charge on any atom is -0.383 e. The predicted molar refractivity (Wildman–Crippen MR) is 93.2 cm³/mol. The molecular formula is C19H20N4O. The van der Waals surface area contributed by atoms with Crippen LogP contribution >= 0.6 is 0 Å². The van der Waals surface area contributed by atoms with Gasteiger partial charge < -0.3 is 11.5 Å². The third-order valence-electron chi connectivity index (χ3n) is 4.92. The zero-order chi connectivity index (χ0) is 17.6. The van der Waals surface area contributed by atoms with E-state index in [0.29, 0.717) is 17.0 Å². The van der Waals surface area contributed by atoms with Crippen LogP contribution in [0.15, 0.2) is 24.3 Å². The summed E-state index contributed by atoms with van der Waals surface area (Å²) in [5.74, 6) is 0.138. The maximum Gasteiger partial charge on any atom is 0.248 e. The van der Waals surface area contributed by atoms with Crippen LogP contribution in [-0.2, 0) is 0 Å². The van der Waals surface area contributed by atoms with Crippen molar-refractivity contribution in [1.29, 1.82) is 5.26 Å². The number of anilines is 1. The molecule has 24 heavy (non-hydrogen) atoms. The molecule has 0 saturated heterocycles. The topological polar surface area (TPSA) is 106 Å². The number of nitriles is 1. The number of carbonyl (C=O) groups excluding carboxylic acids is 1. The van der Waals surface area contributed by atoms with Gasteiger partial charge in [0.15, 0.2) is 0 Å². The second kappa shape index (κ2) is 5.34. The van der Waals surface area contributed by atoms with E-state index < -0.39 is 5.91 Å². The lowest BCUT2D eigenvalue weighted by Gasteiger charge is -2.16. The van der Waals surface area contributed by atoms with Crippen LogP contribution in [0.2, 0.25) is 0 Å². The normalized spacial score (nSPS) is 18.0. The number of hydrogen-bond acceptors (Lipinski definition) is 4. The number of benzene rings is 1. The van der Waals surface area contributed by atoms with Crippen LogP contribution in [-0.4, -0.2) is 10.9 Å². The quantitative estimate of drug-likeness (QED) is 0.906. The summed E-state index contributed by atoms with van der Waals surface area (Å²) in [6.45, 7) is 6.39. The lowest BCUT2D eigenvalue weighted by atomic mass is 9.92. The number of pyridine rings is 1. The molecular weight excluding hydrogens is 300 g/mol. The highest BCUT2D eigenvalue weighted by atomic mass is 16.1. The molecule has 1 aromatic carbocycles. The smallest absolute Gasteiger partial charge is 0.248 e. The first-order chi connectivity index (χ1) is 11.3. The van der Waals surface area contributed by atoms with E-state index in [0.717, 1.165) is 28.8 Å². The SMILES string of the molecule is Cc1c([C@H]2CC2(C)C)nc(N)c(C#N)c1-c1ccc(C(N)=O)cc1. The molecule has 0 bridgehead atoms. The van der Waals surface area contributed by atoms with Gasteiger partial charge in [-0.15, -0.1) is 0 Å². The number of aromatic nitrogens is 1. The van der Waals surface area contributed by atoms with Crippen LogP contribution in [0, 0.1) is 23.7 Å². The van der Waals surface area contributed by atoms with Gasteiger partial charge in [-0.25, -0.2) is 4.98 Å². The van der Waals surface area contributed by atoms with Crippen LogP contribution in [0.1, 0.15) is 53.4 Å². The molecule has 2 aromatic rings. The van der Waals surface area contributed by atoms with E-state index in [1.54, 1.807) is 24.3 Å². The minimum atomic E-state index is -0.478. The Hall–Kier alpha value is -2.87. The molecule has 1 atom stereocenters. The van der Waals surface area contributed by atoms with E-state index in [-0.39, 0.29) is 11.2 Å². The molecule has 0 aliphatic heterocycles. The van der Waals surface area contributed by atoms with Crippen LogP contribution in [0.3, 0.4) is 0 Å². The number of carbonyl (C=O) groups is 1. The van der Waals surface area contributed by atoms with Crippen molar-refractivity contribution in [3.05, 3.63) is 46.6 Å². The minimum absolute atomic E-state index is 0.214. The summed E-state index contributed by atoms with van der Waals surface area (Å²) < 4.78 is 0. The summed E-state index contributed by atoms with van der Waals surface area (Å²) in [4.78, 5) is 15.8. The average Bonchev–Trinajstić information content (AvgIpc) is 3.17. The van der Waals surface area contributed by atoms with E-state index >= 15 is 0 Å². The monoisotopic (exact) mass is 320 g/mol. The Morgan fingerprint density at radius 2 is 1.92 bits per heavy atom. The summed E-state index contributed by atoms with van der Waals surface area (Å²) in [5, 5.41) is 9.53. The Labute approximate surface area is 141 Å². The van der Waals surface area contributed by atoms with Gasteiger partial charge in [-0.2, -0.15) is 5.26 Å². The second-order valence-electron chi connectivity index (χ2n) is 7.06. The number of hydrogen-bond donors (Lipinski definition) is 2. The Morgan fingerprint density at radius 3 is 2.38 bits per heavy atom. The van der Waals surface area contributed by atoms with Crippen molar-refractivity contribution in [3.8, 4) is 17.2 Å². The highest BCUT2D eigenvalue weighted by molar-refractivity contribution is 5.93. The molecule has 1 aliphatic rings. The molecule has 0 spiro atoms. The average molecular weight is 320 g/mol. The number of rotatable bonds is 3. The van der Waals surface area contributed by atoms with Gasteiger partial charge in [0.2, 0.25) is 5.91 Å². The number of nitrogens with two attached hydrogens (primary N) is 2. The zero-order valence-corrected chi connectivity index (χ0v) is 14.1. The van der Waals surface area contributed by atoms with E-state index in [1.165, 1.54) is 0 Å². The van der Waals surface area contributed by atoms with Crippen LogP contribution < -0.4 is 11.5 Å². The zero-order valence-electron chi connectivity index (χ0n) is 14.1. The van der Waals surface area contributed by atoms with Crippen molar-refractivity contribution in [2.45, 2.75) is 33.1 Å². The third-order valence-corrected chi connectivity index (χ3v) is 4.92. The van der Waals surface area contributed by atoms with Gasteiger partial charge in [-0.1, -0.05) is 26.0 Å². The Morgan fingerprint density at radius 1 is 1.33 bits per heavy atom. The van der Waals surface area contributed by atoms with E-state index in [2.05, 4.69) is 24.9 Å². The molecule has 122 valence electrons. The standard InChI is InChI=1S/C19H20N4O/c1-10-15(11-4-6-12(7-5-11)18(22)24)13(9-20)17(21)23-16(10)14-8-19(14,2)3/h4-7,14H,8H2,1-3H3,(H2,21,23)(H2,22,24)/t14-/m1/s1. The van der Waals surface area contributed by atoms with E-state index in [4.69, 9.17) is 11.5 Å². The Kier molecular flexibility index (Phi) is 3.56. The van der Waals surface area contributed by atoms with Gasteiger partial charge in [0.05, 0.1) is 5.69 Å². The largest absolute Gasteiger partial charge is 0.383 e. The first-order valence-electron chi connectivity index (χ1n) is 7.86. The molecule has 1 fully saturated rings. The molecule has 1 amide bonds. The molecule has 0 radical (unpaired) electrons. The number of amides is 1. The molecule has 1 aliphatic carbocycles. The fourth-order valence-electron chi connectivity index (χ4n) is 3.26. The van der Waals surface area contributed by atoms with Gasteiger partial charge in [-0.05, 0) is 42.0 Å². The molecule has 4 N–H and O–H groups in total. The van der Waals surface area contributed by atoms with Crippen molar-refractivity contribution in [2.75, 3.05) is 5.73 Å². The lowest BCUT2D eigenvalue weighted by molar-refractivity contribution is 0.100. The highest BCUT2D eigenvalue weighted by Gasteiger charge is 2.48. The number of nitrogens with zero attached hydrogens (tertiary/aromatic N) is 2. The predicted octanol–water partition coefficient (Wildman–Crippen LogP) is 3.12. The van der Waals surface area contributed by atoms with E-state index in [1.807, 2.05) is 6.92 Å². The van der Waals surface area contributed by atoms with Crippen molar-refractivity contribution in [3.63, 3.8) is 0 Å². The maximum absolute atomic E-state index is 11.3. The molecule has 1 saturated carbocycles. The van der Waals surface area contributed by atoms with Crippen molar-refractivity contribution < 1.29 is 4.79 Å². The van der Waals surface area contributed by atoms with Gasteiger partial charge in [0.25, 0.3) is 0 Å². The van der Waals surface area contributed by atoms with Gasteiger partial charge in [0.1, 0.15) is 17.5 Å². The third kappa shape index (κ3) is 2.50. The Balaban J connectivity index is 2.19. The van der Waals surface area contributed by atoms with Gasteiger partial charge in [0, 0.05) is 17.0 Å². The van der Waals surface area contributed by atoms with Crippen molar-refractivity contribution in [1.82, 2.24) is 4.98 Å².